The minimum Gasteiger partial charge on any atom is -0.497 e. The first-order chi connectivity index (χ1) is 15.4. The molecule has 170 valence electrons. The molecule has 2 aliphatic rings. The Morgan fingerprint density at radius 2 is 1.81 bits per heavy atom. The van der Waals surface area contributed by atoms with Gasteiger partial charge in [-0.15, -0.1) is 0 Å². The number of ether oxygens (including phenoxy) is 2. The van der Waals surface area contributed by atoms with E-state index in [-0.39, 0.29) is 10.2 Å². The van der Waals surface area contributed by atoms with Crippen LogP contribution in [0.3, 0.4) is 0 Å². The number of hydrogen-bond donors (Lipinski definition) is 4. The molecule has 9 heteroatoms. The molecular weight excluding hydrogens is 432 g/mol. The third kappa shape index (κ3) is 3.73. The molecule has 0 unspecified atom stereocenters. The minimum absolute atomic E-state index is 0.184. The van der Waals surface area contributed by atoms with Crippen LogP contribution < -0.4 is 4.74 Å². The molecule has 0 bridgehead atoms. The van der Waals surface area contributed by atoms with E-state index in [1.54, 1.807) is 11.7 Å². The zero-order chi connectivity index (χ0) is 23.0. The lowest BCUT2D eigenvalue weighted by Gasteiger charge is -2.42. The van der Waals surface area contributed by atoms with Crippen molar-refractivity contribution in [3.63, 3.8) is 0 Å². The number of nitrogens with zero attached hydrogens (tertiary/aromatic N) is 2. The van der Waals surface area contributed by atoms with Gasteiger partial charge in [0.1, 0.15) is 40.9 Å². The first-order valence-electron chi connectivity index (χ1n) is 10.6. The van der Waals surface area contributed by atoms with Crippen molar-refractivity contribution in [3.05, 3.63) is 45.7 Å². The Hall–Kier alpha value is -2.32. The summed E-state index contributed by atoms with van der Waals surface area (Å²) in [5, 5.41) is 50.9. The molecule has 4 rings (SSSR count). The summed E-state index contributed by atoms with van der Waals surface area (Å²) in [5.41, 5.74) is 3.66. The van der Waals surface area contributed by atoms with Crippen LogP contribution in [0.4, 0.5) is 0 Å². The van der Waals surface area contributed by atoms with Crippen molar-refractivity contribution in [3.8, 4) is 22.9 Å². The zero-order valence-electron chi connectivity index (χ0n) is 17.6. The molecule has 32 heavy (non-hydrogen) atoms. The smallest absolute Gasteiger partial charge is 0.164 e. The SMILES string of the molecule is COc1ccc(-c2c3c(n([C@H]4O[C@@H](CO)[C@@H](O)[C@@H](O)[C@H]4O)c(=S)c2C#N)CCCC3)cc1. The van der Waals surface area contributed by atoms with Gasteiger partial charge in [-0.25, -0.2) is 0 Å². The summed E-state index contributed by atoms with van der Waals surface area (Å²) < 4.78 is 12.8. The van der Waals surface area contributed by atoms with E-state index in [1.165, 1.54) is 0 Å². The van der Waals surface area contributed by atoms with Crippen LogP contribution in [-0.4, -0.2) is 63.1 Å². The van der Waals surface area contributed by atoms with Crippen LogP contribution in [0.2, 0.25) is 0 Å². The van der Waals surface area contributed by atoms with Crippen molar-refractivity contribution in [1.29, 1.82) is 5.26 Å². The molecule has 8 nitrogen and oxygen atoms in total. The number of hydrogen-bond acceptors (Lipinski definition) is 8. The first kappa shape index (κ1) is 22.9. The maximum atomic E-state index is 10.7. The van der Waals surface area contributed by atoms with Gasteiger partial charge in [-0.2, -0.15) is 5.26 Å². The number of aliphatic hydroxyl groups is 4. The molecule has 4 N–H and O–H groups in total. The van der Waals surface area contributed by atoms with Gasteiger partial charge < -0.3 is 34.5 Å². The number of rotatable bonds is 4. The molecule has 0 amide bonds. The second-order valence-corrected chi connectivity index (χ2v) is 8.50. The Bertz CT molecular complexity index is 1090. The fraction of sp³-hybridized carbons (Fsp3) is 0.478. The summed E-state index contributed by atoms with van der Waals surface area (Å²) in [6.45, 7) is -0.536. The van der Waals surface area contributed by atoms with Crippen LogP contribution in [0.1, 0.15) is 35.9 Å². The normalized spacial score (nSPS) is 27.4. The highest BCUT2D eigenvalue weighted by Crippen LogP contribution is 2.39. The molecular formula is C23H26N2O6S. The van der Waals surface area contributed by atoms with Crippen LogP contribution in [0.5, 0.6) is 5.75 Å². The third-order valence-corrected chi connectivity index (χ3v) is 6.73. The largest absolute Gasteiger partial charge is 0.497 e. The van der Waals surface area contributed by atoms with Gasteiger partial charge in [0.05, 0.1) is 19.3 Å². The van der Waals surface area contributed by atoms with Gasteiger partial charge in [-0.3, -0.25) is 0 Å². The molecule has 1 aromatic carbocycles. The molecule has 1 saturated heterocycles. The predicted octanol–water partition coefficient (Wildman–Crippen LogP) is 1.62. The lowest BCUT2D eigenvalue weighted by Crippen LogP contribution is -2.57. The summed E-state index contributed by atoms with van der Waals surface area (Å²) in [6, 6.07) is 9.65. The van der Waals surface area contributed by atoms with E-state index in [1.807, 2.05) is 24.3 Å². The second kappa shape index (κ2) is 9.27. The fourth-order valence-corrected chi connectivity index (χ4v) is 5.03. The van der Waals surface area contributed by atoms with Crippen LogP contribution in [0.25, 0.3) is 11.1 Å². The summed E-state index contributed by atoms with van der Waals surface area (Å²) in [7, 11) is 1.59. The van der Waals surface area contributed by atoms with Gasteiger partial charge in [0.2, 0.25) is 0 Å². The fourth-order valence-electron chi connectivity index (χ4n) is 4.67. The number of methoxy groups -OCH3 is 1. The predicted molar refractivity (Wildman–Crippen MR) is 118 cm³/mol. The van der Waals surface area contributed by atoms with Crippen LogP contribution in [0.15, 0.2) is 24.3 Å². The molecule has 2 heterocycles. The average molecular weight is 459 g/mol. The highest BCUT2D eigenvalue weighted by molar-refractivity contribution is 7.71. The average Bonchev–Trinajstić information content (AvgIpc) is 2.83. The molecule has 2 aromatic rings. The van der Waals surface area contributed by atoms with Crippen molar-refractivity contribution >= 4 is 12.2 Å². The highest BCUT2D eigenvalue weighted by atomic mass is 32.1. The van der Waals surface area contributed by atoms with E-state index in [9.17, 15) is 25.7 Å². The Morgan fingerprint density at radius 1 is 1.12 bits per heavy atom. The molecule has 1 aliphatic carbocycles. The van der Waals surface area contributed by atoms with Crippen molar-refractivity contribution in [2.45, 2.75) is 56.3 Å². The number of nitriles is 1. The van der Waals surface area contributed by atoms with Crippen molar-refractivity contribution < 1.29 is 29.9 Å². The maximum absolute atomic E-state index is 10.7. The quantitative estimate of drug-likeness (QED) is 0.509. The topological polar surface area (TPSA) is 128 Å². The molecule has 1 fully saturated rings. The molecule has 0 saturated carbocycles. The van der Waals surface area contributed by atoms with Crippen molar-refractivity contribution in [2.24, 2.45) is 0 Å². The standard InChI is InChI=1S/C23H26N2O6S/c1-30-13-8-6-12(7-9-13)18-14-4-2-3-5-16(14)25(23(32)15(18)10-24)22-21(29)20(28)19(27)17(11-26)31-22/h6-9,17,19-22,26-29H,2-5,11H2,1H3/t17-,19+,20+,21+,22-/m0/s1. The lowest BCUT2D eigenvalue weighted by molar-refractivity contribution is -0.252. The summed E-state index contributed by atoms with van der Waals surface area (Å²) >= 11 is 5.71. The minimum atomic E-state index is -1.53. The van der Waals surface area contributed by atoms with Gasteiger partial charge in [-0.05, 0) is 48.9 Å². The van der Waals surface area contributed by atoms with E-state index >= 15 is 0 Å². The number of aromatic nitrogens is 1. The zero-order valence-corrected chi connectivity index (χ0v) is 18.5. The molecule has 0 radical (unpaired) electrons. The molecule has 0 spiro atoms. The van der Waals surface area contributed by atoms with E-state index in [2.05, 4.69) is 6.07 Å². The molecule has 5 atom stereocenters. The number of fused-ring (bicyclic) bond motifs is 1. The summed E-state index contributed by atoms with van der Waals surface area (Å²) in [5.74, 6) is 0.701. The van der Waals surface area contributed by atoms with Gasteiger partial charge in [-0.1, -0.05) is 24.4 Å². The summed E-state index contributed by atoms with van der Waals surface area (Å²) in [6.07, 6.45) is -3.47. The number of benzene rings is 1. The Morgan fingerprint density at radius 3 is 2.44 bits per heavy atom. The van der Waals surface area contributed by atoms with Gasteiger partial charge in [0.15, 0.2) is 6.23 Å². The van der Waals surface area contributed by atoms with Crippen molar-refractivity contribution in [2.75, 3.05) is 13.7 Å². The van der Waals surface area contributed by atoms with Crippen LogP contribution in [-0.2, 0) is 17.6 Å². The van der Waals surface area contributed by atoms with E-state index < -0.39 is 37.3 Å². The van der Waals surface area contributed by atoms with Gasteiger partial charge in [0, 0.05) is 11.3 Å². The molecule has 1 aliphatic heterocycles. The Kier molecular flexibility index (Phi) is 6.62. The third-order valence-electron chi connectivity index (χ3n) is 6.33. The summed E-state index contributed by atoms with van der Waals surface area (Å²) in [4.78, 5) is 0. The number of aliphatic hydroxyl groups excluding tert-OH is 4. The Labute approximate surface area is 190 Å². The Balaban J connectivity index is 1.94. The highest BCUT2D eigenvalue weighted by Gasteiger charge is 2.45. The van der Waals surface area contributed by atoms with E-state index in [0.29, 0.717) is 12.2 Å². The maximum Gasteiger partial charge on any atom is 0.164 e. The van der Waals surface area contributed by atoms with Gasteiger partial charge >= 0.3 is 0 Å². The molecule has 1 aromatic heterocycles. The van der Waals surface area contributed by atoms with Crippen LogP contribution in [0, 0.1) is 16.0 Å². The van der Waals surface area contributed by atoms with Crippen LogP contribution >= 0.6 is 12.2 Å². The van der Waals surface area contributed by atoms with Crippen molar-refractivity contribution in [1.82, 2.24) is 4.57 Å². The van der Waals surface area contributed by atoms with E-state index in [4.69, 9.17) is 21.7 Å². The van der Waals surface area contributed by atoms with Gasteiger partial charge in [0.25, 0.3) is 0 Å². The lowest BCUT2D eigenvalue weighted by atomic mass is 9.86. The second-order valence-electron chi connectivity index (χ2n) is 8.12. The monoisotopic (exact) mass is 458 g/mol. The van der Waals surface area contributed by atoms with E-state index in [0.717, 1.165) is 41.6 Å². The number of pyridine rings is 1. The first-order valence-corrected chi connectivity index (χ1v) is 11.0.